The van der Waals surface area contributed by atoms with E-state index < -0.39 is 0 Å². The first kappa shape index (κ1) is 22.6. The summed E-state index contributed by atoms with van der Waals surface area (Å²) in [5.41, 5.74) is 4.30. The second kappa shape index (κ2) is 9.95. The summed E-state index contributed by atoms with van der Waals surface area (Å²) in [6.07, 6.45) is 6.39. The van der Waals surface area contributed by atoms with E-state index in [9.17, 15) is 4.79 Å². The number of piperidine rings is 1. The molecule has 3 aromatic heterocycles. The molecule has 34 heavy (non-hydrogen) atoms. The number of hydrogen-bond acceptors (Lipinski definition) is 6. The highest BCUT2D eigenvalue weighted by Gasteiger charge is 2.18. The summed E-state index contributed by atoms with van der Waals surface area (Å²) in [5.74, 6) is 1.10. The standard InChI is InChI=1S/C26H29N5O2S/c1-18-9-12-30(13-10-18)14-21-17-34-26(28-21)29-25(32)22-7-3-4-8-23(22)33-16-20-15-31-11-5-6-19(2)24(31)27-20/h3-8,11,15,17-18H,9-10,12-14,16H2,1-2H3,(H,28,29,32). The molecule has 5 rings (SSSR count). The predicted molar refractivity (Wildman–Crippen MR) is 134 cm³/mol. The van der Waals surface area contributed by atoms with Crippen molar-refractivity contribution >= 4 is 28.0 Å². The monoisotopic (exact) mass is 475 g/mol. The van der Waals surface area contributed by atoms with Gasteiger partial charge < -0.3 is 9.14 Å². The molecule has 0 saturated carbocycles. The minimum atomic E-state index is -0.228. The molecule has 1 amide bonds. The van der Waals surface area contributed by atoms with Gasteiger partial charge in [0.05, 0.1) is 17.0 Å². The number of pyridine rings is 1. The van der Waals surface area contributed by atoms with Crippen molar-refractivity contribution < 1.29 is 9.53 Å². The van der Waals surface area contributed by atoms with E-state index in [1.54, 1.807) is 12.1 Å². The first-order chi connectivity index (χ1) is 16.5. The zero-order valence-electron chi connectivity index (χ0n) is 19.5. The first-order valence-corrected chi connectivity index (χ1v) is 12.6. The summed E-state index contributed by atoms with van der Waals surface area (Å²) < 4.78 is 7.99. The number of likely N-dealkylation sites (tertiary alicyclic amines) is 1. The Labute approximate surface area is 203 Å². The highest BCUT2D eigenvalue weighted by molar-refractivity contribution is 7.14. The number of para-hydroxylation sites is 1. The number of benzene rings is 1. The molecule has 1 N–H and O–H groups in total. The SMILES string of the molecule is Cc1cccn2cc(COc3ccccc3C(=O)Nc3nc(CN4CCC(C)CC4)cs3)nc12. The Hall–Kier alpha value is -3.23. The molecule has 0 unspecified atom stereocenters. The van der Waals surface area contributed by atoms with Crippen molar-refractivity contribution in [2.24, 2.45) is 5.92 Å². The molecular weight excluding hydrogens is 446 g/mol. The summed E-state index contributed by atoms with van der Waals surface area (Å²) in [6, 6.07) is 11.3. The Morgan fingerprint density at radius 1 is 1.15 bits per heavy atom. The average molecular weight is 476 g/mol. The minimum Gasteiger partial charge on any atom is -0.486 e. The van der Waals surface area contributed by atoms with Crippen LogP contribution in [0.5, 0.6) is 5.75 Å². The van der Waals surface area contributed by atoms with Gasteiger partial charge in [-0.15, -0.1) is 11.3 Å². The highest BCUT2D eigenvalue weighted by Crippen LogP contribution is 2.24. The molecule has 1 saturated heterocycles. The summed E-state index contributed by atoms with van der Waals surface area (Å²) in [6.45, 7) is 7.67. The van der Waals surface area contributed by atoms with Crippen LogP contribution < -0.4 is 10.1 Å². The topological polar surface area (TPSA) is 71.8 Å². The van der Waals surface area contributed by atoms with E-state index in [0.717, 1.165) is 48.2 Å². The maximum Gasteiger partial charge on any atom is 0.261 e. The van der Waals surface area contributed by atoms with Crippen LogP contribution in [-0.2, 0) is 13.2 Å². The van der Waals surface area contributed by atoms with Crippen molar-refractivity contribution in [3.63, 3.8) is 0 Å². The molecule has 1 aliphatic heterocycles. The van der Waals surface area contributed by atoms with E-state index in [1.165, 1.54) is 24.2 Å². The largest absolute Gasteiger partial charge is 0.486 e. The lowest BCUT2D eigenvalue weighted by atomic mass is 9.99. The Kier molecular flexibility index (Phi) is 6.60. The first-order valence-electron chi connectivity index (χ1n) is 11.7. The highest BCUT2D eigenvalue weighted by atomic mass is 32.1. The van der Waals surface area contributed by atoms with Crippen molar-refractivity contribution in [2.75, 3.05) is 18.4 Å². The molecule has 8 heteroatoms. The fraction of sp³-hybridized carbons (Fsp3) is 0.346. The van der Waals surface area contributed by atoms with Crippen molar-refractivity contribution in [3.8, 4) is 5.75 Å². The number of rotatable bonds is 7. The van der Waals surface area contributed by atoms with Gasteiger partial charge in [0.25, 0.3) is 5.91 Å². The molecule has 1 aliphatic rings. The van der Waals surface area contributed by atoms with Crippen molar-refractivity contribution in [1.29, 1.82) is 0 Å². The molecule has 4 aromatic rings. The van der Waals surface area contributed by atoms with E-state index in [2.05, 4.69) is 27.1 Å². The minimum absolute atomic E-state index is 0.228. The van der Waals surface area contributed by atoms with Gasteiger partial charge in [0.15, 0.2) is 5.13 Å². The number of carbonyl (C=O) groups excluding carboxylic acids is 1. The van der Waals surface area contributed by atoms with Crippen LogP contribution in [0.1, 0.15) is 47.1 Å². The normalized spacial score (nSPS) is 15.0. The molecule has 0 aliphatic carbocycles. The summed E-state index contributed by atoms with van der Waals surface area (Å²) in [4.78, 5) is 24.7. The molecule has 4 heterocycles. The number of thiazole rings is 1. The quantitative estimate of drug-likeness (QED) is 0.400. The van der Waals surface area contributed by atoms with Gasteiger partial charge >= 0.3 is 0 Å². The third-order valence-corrected chi connectivity index (χ3v) is 7.08. The average Bonchev–Trinajstić information content (AvgIpc) is 3.46. The molecule has 0 radical (unpaired) electrons. The molecule has 0 spiro atoms. The molecule has 0 atom stereocenters. The number of nitrogens with zero attached hydrogens (tertiary/aromatic N) is 4. The van der Waals surface area contributed by atoms with Crippen LogP contribution in [0.4, 0.5) is 5.13 Å². The van der Waals surface area contributed by atoms with E-state index >= 15 is 0 Å². The summed E-state index contributed by atoms with van der Waals surface area (Å²) >= 11 is 1.46. The fourth-order valence-electron chi connectivity index (χ4n) is 4.26. The number of imidazole rings is 1. The Morgan fingerprint density at radius 3 is 2.79 bits per heavy atom. The van der Waals surface area contributed by atoms with Crippen LogP contribution in [0.15, 0.2) is 54.2 Å². The van der Waals surface area contributed by atoms with E-state index in [0.29, 0.717) is 16.4 Å². The maximum absolute atomic E-state index is 13.0. The van der Waals surface area contributed by atoms with Gasteiger partial charge in [-0.1, -0.05) is 25.1 Å². The summed E-state index contributed by atoms with van der Waals surface area (Å²) in [7, 11) is 0. The van der Waals surface area contributed by atoms with E-state index in [4.69, 9.17) is 4.74 Å². The van der Waals surface area contributed by atoms with Crippen molar-refractivity contribution in [3.05, 3.63) is 76.7 Å². The number of aromatic nitrogens is 3. The molecule has 1 fully saturated rings. The number of aryl methyl sites for hydroxylation is 1. The fourth-order valence-corrected chi connectivity index (χ4v) is 4.95. The number of anilines is 1. The lowest BCUT2D eigenvalue weighted by Gasteiger charge is -2.29. The Balaban J connectivity index is 1.22. The lowest BCUT2D eigenvalue weighted by molar-refractivity contribution is 0.102. The molecule has 0 bridgehead atoms. The van der Waals surface area contributed by atoms with Crippen molar-refractivity contribution in [2.45, 2.75) is 39.8 Å². The van der Waals surface area contributed by atoms with Crippen molar-refractivity contribution in [1.82, 2.24) is 19.3 Å². The predicted octanol–water partition coefficient (Wildman–Crippen LogP) is 5.16. The number of hydrogen-bond donors (Lipinski definition) is 1. The number of ether oxygens (including phenoxy) is 1. The van der Waals surface area contributed by atoms with Crippen LogP contribution in [0.25, 0.3) is 5.65 Å². The van der Waals surface area contributed by atoms with Crippen LogP contribution >= 0.6 is 11.3 Å². The van der Waals surface area contributed by atoms with Gasteiger partial charge in [-0.2, -0.15) is 0 Å². The molecule has 1 aromatic carbocycles. The second-order valence-corrected chi connectivity index (χ2v) is 9.85. The zero-order valence-corrected chi connectivity index (χ0v) is 20.3. The zero-order chi connectivity index (χ0) is 23.5. The van der Waals surface area contributed by atoms with Gasteiger partial charge in [0.1, 0.15) is 18.0 Å². The Bertz CT molecular complexity index is 1290. The van der Waals surface area contributed by atoms with Crippen LogP contribution in [0, 0.1) is 12.8 Å². The smallest absolute Gasteiger partial charge is 0.261 e. The van der Waals surface area contributed by atoms with E-state index in [-0.39, 0.29) is 12.5 Å². The van der Waals surface area contributed by atoms with Gasteiger partial charge in [-0.3, -0.25) is 15.0 Å². The van der Waals surface area contributed by atoms with Gasteiger partial charge in [-0.05, 0) is 62.5 Å². The Morgan fingerprint density at radius 2 is 1.97 bits per heavy atom. The van der Waals surface area contributed by atoms with Crippen LogP contribution in [0.2, 0.25) is 0 Å². The number of amides is 1. The molecule has 7 nitrogen and oxygen atoms in total. The second-order valence-electron chi connectivity index (χ2n) is 9.00. The van der Waals surface area contributed by atoms with Crippen LogP contribution in [0.3, 0.4) is 0 Å². The number of nitrogens with one attached hydrogen (secondary N) is 1. The van der Waals surface area contributed by atoms with Gasteiger partial charge in [-0.25, -0.2) is 9.97 Å². The molecule has 176 valence electrons. The van der Waals surface area contributed by atoms with Gasteiger partial charge in [0.2, 0.25) is 0 Å². The third kappa shape index (κ3) is 5.13. The van der Waals surface area contributed by atoms with Crippen LogP contribution in [-0.4, -0.2) is 38.3 Å². The maximum atomic E-state index is 13.0. The number of carbonyl (C=O) groups is 1. The van der Waals surface area contributed by atoms with E-state index in [1.807, 2.05) is 53.4 Å². The van der Waals surface area contributed by atoms with Gasteiger partial charge in [0, 0.05) is 24.3 Å². The third-order valence-electron chi connectivity index (χ3n) is 6.27. The number of fused-ring (bicyclic) bond motifs is 1. The summed E-state index contributed by atoms with van der Waals surface area (Å²) in [5, 5.41) is 5.58. The molecular formula is C26H29N5O2S. The lowest BCUT2D eigenvalue weighted by Crippen LogP contribution is -2.32.